The Morgan fingerprint density at radius 3 is 2.68 bits per heavy atom. The third-order valence-electron chi connectivity index (χ3n) is 3.93. The van der Waals surface area contributed by atoms with Crippen LogP contribution < -0.4 is 0 Å². The van der Waals surface area contributed by atoms with E-state index in [0.29, 0.717) is 32.0 Å². The van der Waals surface area contributed by atoms with E-state index in [1.165, 1.54) is 12.8 Å². The molecule has 0 aliphatic carbocycles. The van der Waals surface area contributed by atoms with Gasteiger partial charge in [-0.3, -0.25) is 9.59 Å². The molecule has 1 aliphatic rings. The van der Waals surface area contributed by atoms with Crippen LogP contribution in [0.15, 0.2) is 0 Å². The molecule has 1 amide bonds. The average molecular weight is 269 g/mol. The summed E-state index contributed by atoms with van der Waals surface area (Å²) in [5.41, 5.74) is 0. The van der Waals surface area contributed by atoms with Gasteiger partial charge in [0.05, 0.1) is 12.5 Å². The highest BCUT2D eigenvalue weighted by molar-refractivity contribution is 5.86. The minimum Gasteiger partial charge on any atom is -0.465 e. The van der Waals surface area contributed by atoms with Crippen LogP contribution in [0.1, 0.15) is 52.9 Å². The average Bonchev–Trinajstić information content (AvgIpc) is 2.80. The molecule has 0 bridgehead atoms. The van der Waals surface area contributed by atoms with Crippen molar-refractivity contribution in [3.63, 3.8) is 0 Å². The first-order valence-electron chi connectivity index (χ1n) is 7.56. The number of hydrogen-bond acceptors (Lipinski definition) is 3. The van der Waals surface area contributed by atoms with Crippen molar-refractivity contribution in [2.75, 3.05) is 19.7 Å². The van der Waals surface area contributed by atoms with Gasteiger partial charge in [0, 0.05) is 19.5 Å². The van der Waals surface area contributed by atoms with E-state index in [4.69, 9.17) is 4.74 Å². The van der Waals surface area contributed by atoms with E-state index >= 15 is 0 Å². The molecule has 0 aromatic rings. The molecule has 0 aromatic heterocycles. The van der Waals surface area contributed by atoms with Crippen LogP contribution >= 0.6 is 0 Å². The number of nitrogens with zero attached hydrogens (tertiary/aromatic N) is 1. The van der Waals surface area contributed by atoms with Crippen LogP contribution in [0.4, 0.5) is 0 Å². The van der Waals surface area contributed by atoms with Gasteiger partial charge < -0.3 is 9.64 Å². The Hall–Kier alpha value is -1.06. The van der Waals surface area contributed by atoms with Gasteiger partial charge in [-0.1, -0.05) is 33.1 Å². The van der Waals surface area contributed by atoms with Crippen LogP contribution in [0.25, 0.3) is 0 Å². The molecule has 1 aliphatic heterocycles. The summed E-state index contributed by atoms with van der Waals surface area (Å²) < 4.78 is 5.40. The number of likely N-dealkylation sites (tertiary alicyclic amines) is 1. The molecule has 4 nitrogen and oxygen atoms in total. The lowest BCUT2D eigenvalue weighted by atomic mass is 10.0. The lowest BCUT2D eigenvalue weighted by molar-refractivity contribution is -0.149. The molecule has 1 rings (SSSR count). The summed E-state index contributed by atoms with van der Waals surface area (Å²) in [5.74, 6) is 0.0844. The predicted molar refractivity (Wildman–Crippen MR) is 74.6 cm³/mol. The summed E-state index contributed by atoms with van der Waals surface area (Å²) in [6, 6.07) is 0. The molecule has 110 valence electrons. The molecule has 1 saturated heterocycles. The largest absolute Gasteiger partial charge is 0.465 e. The van der Waals surface area contributed by atoms with Crippen LogP contribution in [0.2, 0.25) is 0 Å². The quantitative estimate of drug-likeness (QED) is 0.636. The lowest BCUT2D eigenvalue weighted by Gasteiger charge is -2.17. The zero-order valence-corrected chi connectivity index (χ0v) is 12.5. The van der Waals surface area contributed by atoms with Gasteiger partial charge in [-0.25, -0.2) is 0 Å². The number of rotatable bonds is 8. The number of esters is 1. The zero-order valence-electron chi connectivity index (χ0n) is 12.5. The van der Waals surface area contributed by atoms with Crippen molar-refractivity contribution in [2.24, 2.45) is 11.8 Å². The summed E-state index contributed by atoms with van der Waals surface area (Å²) >= 11 is 0. The number of hydrogen-bond donors (Lipinski definition) is 0. The minimum absolute atomic E-state index is 0.0717. The summed E-state index contributed by atoms with van der Waals surface area (Å²) in [6.07, 6.45) is 4.83. The van der Waals surface area contributed by atoms with Crippen molar-refractivity contribution < 1.29 is 14.3 Å². The van der Waals surface area contributed by atoms with E-state index in [2.05, 4.69) is 13.8 Å². The highest BCUT2D eigenvalue weighted by atomic mass is 16.5. The molecule has 0 saturated carbocycles. The van der Waals surface area contributed by atoms with Crippen molar-refractivity contribution in [3.8, 4) is 0 Å². The second-order valence-electron chi connectivity index (χ2n) is 5.38. The normalized spacial score (nSPS) is 20.7. The monoisotopic (exact) mass is 269 g/mol. The molecule has 4 heteroatoms. The van der Waals surface area contributed by atoms with Gasteiger partial charge in [-0.15, -0.1) is 0 Å². The number of ether oxygens (including phenoxy) is 1. The SMILES string of the molecule is CCCCC(CC)COC(=O)C1CC(=O)N(CC)C1. The molecule has 0 radical (unpaired) electrons. The molecule has 0 N–H and O–H groups in total. The van der Waals surface area contributed by atoms with Gasteiger partial charge in [0.15, 0.2) is 0 Å². The molecule has 2 atom stereocenters. The number of carbonyl (C=O) groups excluding carboxylic acids is 2. The van der Waals surface area contributed by atoms with Gasteiger partial charge >= 0.3 is 5.97 Å². The van der Waals surface area contributed by atoms with Gasteiger partial charge in [0.25, 0.3) is 0 Å². The van der Waals surface area contributed by atoms with E-state index in [1.54, 1.807) is 4.90 Å². The Kier molecular flexibility index (Phi) is 6.89. The van der Waals surface area contributed by atoms with Gasteiger partial charge in [0.2, 0.25) is 5.91 Å². The fourth-order valence-corrected chi connectivity index (χ4v) is 2.45. The van der Waals surface area contributed by atoms with E-state index in [-0.39, 0.29) is 17.8 Å². The second kappa shape index (κ2) is 8.18. The molecule has 19 heavy (non-hydrogen) atoms. The van der Waals surface area contributed by atoms with Gasteiger partial charge in [0.1, 0.15) is 0 Å². The van der Waals surface area contributed by atoms with E-state index < -0.39 is 0 Å². The zero-order chi connectivity index (χ0) is 14.3. The third kappa shape index (κ3) is 4.84. The standard InChI is InChI=1S/C15H27NO3/c1-4-7-8-12(5-2)11-19-15(18)13-9-14(17)16(6-3)10-13/h12-13H,4-11H2,1-3H3. The third-order valence-corrected chi connectivity index (χ3v) is 3.93. The van der Waals surface area contributed by atoms with E-state index in [1.807, 2.05) is 6.92 Å². The summed E-state index contributed by atoms with van der Waals surface area (Å²) in [7, 11) is 0. The molecule has 2 unspecified atom stereocenters. The first kappa shape index (κ1) is 16.0. The summed E-state index contributed by atoms with van der Waals surface area (Å²) in [5, 5.41) is 0. The Morgan fingerprint density at radius 1 is 1.42 bits per heavy atom. The summed E-state index contributed by atoms with van der Waals surface area (Å²) in [6.45, 7) is 7.94. The van der Waals surface area contributed by atoms with E-state index in [9.17, 15) is 9.59 Å². The second-order valence-corrected chi connectivity index (χ2v) is 5.38. The topological polar surface area (TPSA) is 46.6 Å². The highest BCUT2D eigenvalue weighted by Gasteiger charge is 2.34. The van der Waals surface area contributed by atoms with Gasteiger partial charge in [-0.05, 0) is 19.3 Å². The van der Waals surface area contributed by atoms with Crippen molar-refractivity contribution in [3.05, 3.63) is 0 Å². The fourth-order valence-electron chi connectivity index (χ4n) is 2.45. The Labute approximate surface area is 116 Å². The van der Waals surface area contributed by atoms with Crippen LogP contribution in [-0.2, 0) is 14.3 Å². The van der Waals surface area contributed by atoms with Crippen LogP contribution in [0.3, 0.4) is 0 Å². The summed E-state index contributed by atoms with van der Waals surface area (Å²) in [4.78, 5) is 25.2. The molecule has 1 heterocycles. The molecular formula is C15H27NO3. The maximum absolute atomic E-state index is 11.9. The lowest BCUT2D eigenvalue weighted by Crippen LogP contribution is -2.27. The van der Waals surface area contributed by atoms with Crippen molar-refractivity contribution in [2.45, 2.75) is 52.9 Å². The first-order valence-corrected chi connectivity index (χ1v) is 7.56. The molecular weight excluding hydrogens is 242 g/mol. The maximum atomic E-state index is 11.9. The number of amides is 1. The molecule has 0 aromatic carbocycles. The van der Waals surface area contributed by atoms with Gasteiger partial charge in [-0.2, -0.15) is 0 Å². The van der Waals surface area contributed by atoms with Crippen molar-refractivity contribution in [1.82, 2.24) is 4.90 Å². The molecule has 0 spiro atoms. The highest BCUT2D eigenvalue weighted by Crippen LogP contribution is 2.20. The maximum Gasteiger partial charge on any atom is 0.311 e. The van der Waals surface area contributed by atoms with Crippen LogP contribution in [0.5, 0.6) is 0 Å². The van der Waals surface area contributed by atoms with E-state index in [0.717, 1.165) is 12.8 Å². The Morgan fingerprint density at radius 2 is 2.16 bits per heavy atom. The predicted octanol–water partition coefficient (Wildman–Crippen LogP) is 2.61. The Balaban J connectivity index is 2.33. The number of unbranched alkanes of at least 4 members (excludes halogenated alkanes) is 1. The first-order chi connectivity index (χ1) is 9.12. The number of carbonyl (C=O) groups is 2. The smallest absolute Gasteiger partial charge is 0.311 e. The minimum atomic E-state index is -0.254. The Bertz CT molecular complexity index is 304. The van der Waals surface area contributed by atoms with Crippen molar-refractivity contribution in [1.29, 1.82) is 0 Å². The van der Waals surface area contributed by atoms with Crippen molar-refractivity contribution >= 4 is 11.9 Å². The van der Waals surface area contributed by atoms with Crippen LogP contribution in [0, 0.1) is 11.8 Å². The fraction of sp³-hybridized carbons (Fsp3) is 0.867. The van der Waals surface area contributed by atoms with Crippen LogP contribution in [-0.4, -0.2) is 36.5 Å². The molecule has 1 fully saturated rings.